The van der Waals surface area contributed by atoms with E-state index in [1.165, 1.54) is 12.8 Å². The van der Waals surface area contributed by atoms with E-state index in [1.54, 1.807) is 12.1 Å². The lowest BCUT2D eigenvalue weighted by Gasteiger charge is -2.22. The van der Waals surface area contributed by atoms with Gasteiger partial charge in [0.25, 0.3) is 5.69 Å². The largest absolute Gasteiger partial charge is 0.370 e. The van der Waals surface area contributed by atoms with Crippen molar-refractivity contribution >= 4 is 27.3 Å². The van der Waals surface area contributed by atoms with Crippen LogP contribution in [-0.2, 0) is 6.42 Å². The molecule has 1 aromatic carbocycles. The van der Waals surface area contributed by atoms with Gasteiger partial charge in [-0.15, -0.1) is 0 Å². The molecule has 0 N–H and O–H groups in total. The van der Waals surface area contributed by atoms with Gasteiger partial charge < -0.3 is 4.90 Å². The summed E-state index contributed by atoms with van der Waals surface area (Å²) in [5, 5.41) is 10.8. The van der Waals surface area contributed by atoms with Crippen molar-refractivity contribution in [2.75, 3.05) is 18.0 Å². The molecule has 1 saturated heterocycles. The summed E-state index contributed by atoms with van der Waals surface area (Å²) in [6.07, 6.45) is 3.21. The summed E-state index contributed by atoms with van der Waals surface area (Å²) in [5.41, 5.74) is 2.35. The molecule has 1 aliphatic rings. The van der Waals surface area contributed by atoms with Crippen LogP contribution in [0.3, 0.4) is 0 Å². The van der Waals surface area contributed by atoms with Crippen molar-refractivity contribution in [3.63, 3.8) is 0 Å². The van der Waals surface area contributed by atoms with Gasteiger partial charge in [0, 0.05) is 29.7 Å². The highest BCUT2D eigenvalue weighted by Gasteiger charge is 2.21. The first-order valence-electron chi connectivity index (χ1n) is 5.85. The van der Waals surface area contributed by atoms with Gasteiger partial charge in [0.2, 0.25) is 0 Å². The van der Waals surface area contributed by atoms with Crippen LogP contribution in [0, 0.1) is 10.1 Å². The van der Waals surface area contributed by atoms with Gasteiger partial charge >= 0.3 is 0 Å². The topological polar surface area (TPSA) is 46.4 Å². The lowest BCUT2D eigenvalue weighted by Crippen LogP contribution is -2.19. The molecule has 0 amide bonds. The molecule has 0 spiro atoms. The Bertz CT molecular complexity index is 442. The molecular weight excluding hydrogens is 284 g/mol. The third-order valence-electron chi connectivity index (χ3n) is 3.14. The normalized spacial score (nSPS) is 15.3. The molecule has 0 unspecified atom stereocenters. The van der Waals surface area contributed by atoms with Gasteiger partial charge in [-0.25, -0.2) is 0 Å². The second kappa shape index (κ2) is 5.04. The second-order valence-electron chi connectivity index (χ2n) is 4.24. The molecule has 5 heteroatoms. The smallest absolute Gasteiger partial charge is 0.270 e. The standard InChI is InChI=1S/C12H15BrN2O2/c1-2-9-7-10(15(16)17)8-11(13)12(9)14-5-3-4-6-14/h7-8H,2-6H2,1H3. The fraction of sp³-hybridized carbons (Fsp3) is 0.500. The number of nitro benzene ring substituents is 1. The lowest BCUT2D eigenvalue weighted by molar-refractivity contribution is -0.385. The van der Waals surface area contributed by atoms with Crippen molar-refractivity contribution in [3.8, 4) is 0 Å². The van der Waals surface area contributed by atoms with E-state index in [4.69, 9.17) is 0 Å². The van der Waals surface area contributed by atoms with Gasteiger partial charge in [0.05, 0.1) is 10.6 Å². The molecule has 0 saturated carbocycles. The van der Waals surface area contributed by atoms with E-state index in [-0.39, 0.29) is 10.6 Å². The van der Waals surface area contributed by atoms with Crippen LogP contribution in [0.25, 0.3) is 0 Å². The molecular formula is C12H15BrN2O2. The van der Waals surface area contributed by atoms with Gasteiger partial charge in [-0.2, -0.15) is 0 Å². The molecule has 1 fully saturated rings. The van der Waals surface area contributed by atoms with Gasteiger partial charge in [0.1, 0.15) is 0 Å². The molecule has 4 nitrogen and oxygen atoms in total. The van der Waals surface area contributed by atoms with Crippen LogP contribution in [0.5, 0.6) is 0 Å². The van der Waals surface area contributed by atoms with Crippen LogP contribution in [0.1, 0.15) is 25.3 Å². The van der Waals surface area contributed by atoms with E-state index in [9.17, 15) is 10.1 Å². The molecule has 1 aliphatic heterocycles. The Kier molecular flexibility index (Phi) is 3.66. The number of aryl methyl sites for hydroxylation is 1. The molecule has 0 aliphatic carbocycles. The predicted molar refractivity (Wildman–Crippen MR) is 71.6 cm³/mol. The first-order chi connectivity index (χ1) is 8.13. The molecule has 2 rings (SSSR count). The third kappa shape index (κ3) is 2.44. The molecule has 0 bridgehead atoms. The Balaban J connectivity index is 2.46. The average Bonchev–Trinajstić information content (AvgIpc) is 2.80. The number of benzene rings is 1. The van der Waals surface area contributed by atoms with Crippen molar-refractivity contribution in [3.05, 3.63) is 32.3 Å². The van der Waals surface area contributed by atoms with Crippen LogP contribution in [0.15, 0.2) is 16.6 Å². The second-order valence-corrected chi connectivity index (χ2v) is 5.09. The maximum Gasteiger partial charge on any atom is 0.270 e. The summed E-state index contributed by atoms with van der Waals surface area (Å²) < 4.78 is 0.838. The summed E-state index contributed by atoms with van der Waals surface area (Å²) in [6, 6.07) is 3.30. The summed E-state index contributed by atoms with van der Waals surface area (Å²) in [7, 11) is 0. The highest BCUT2D eigenvalue weighted by molar-refractivity contribution is 9.10. The third-order valence-corrected chi connectivity index (χ3v) is 3.75. The van der Waals surface area contributed by atoms with Gasteiger partial charge in [-0.3, -0.25) is 10.1 Å². The zero-order valence-corrected chi connectivity index (χ0v) is 11.4. The van der Waals surface area contributed by atoms with E-state index in [2.05, 4.69) is 20.8 Å². The Hall–Kier alpha value is -1.10. The van der Waals surface area contributed by atoms with E-state index in [0.29, 0.717) is 0 Å². The fourth-order valence-electron chi connectivity index (χ4n) is 2.31. The maximum atomic E-state index is 10.8. The monoisotopic (exact) mass is 298 g/mol. The minimum Gasteiger partial charge on any atom is -0.370 e. The number of nitrogens with zero attached hydrogens (tertiary/aromatic N) is 2. The van der Waals surface area contributed by atoms with Gasteiger partial charge in [0.15, 0.2) is 0 Å². The van der Waals surface area contributed by atoms with E-state index in [0.717, 1.165) is 35.2 Å². The highest BCUT2D eigenvalue weighted by Crippen LogP contribution is 2.36. The van der Waals surface area contributed by atoms with Gasteiger partial charge in [-0.1, -0.05) is 6.92 Å². The highest BCUT2D eigenvalue weighted by atomic mass is 79.9. The molecule has 0 atom stereocenters. The summed E-state index contributed by atoms with van der Waals surface area (Å²) in [4.78, 5) is 12.8. The Morgan fingerprint density at radius 3 is 2.59 bits per heavy atom. The van der Waals surface area contributed by atoms with Crippen LogP contribution in [0.4, 0.5) is 11.4 Å². The number of nitro groups is 1. The number of rotatable bonds is 3. The van der Waals surface area contributed by atoms with Crippen LogP contribution in [0.2, 0.25) is 0 Å². The van der Waals surface area contributed by atoms with Crippen molar-refractivity contribution in [1.29, 1.82) is 0 Å². The van der Waals surface area contributed by atoms with Crippen molar-refractivity contribution < 1.29 is 4.92 Å². The number of halogens is 1. The van der Waals surface area contributed by atoms with Crippen molar-refractivity contribution in [2.45, 2.75) is 26.2 Å². The Labute approximate surface area is 109 Å². The van der Waals surface area contributed by atoms with Crippen LogP contribution >= 0.6 is 15.9 Å². The maximum absolute atomic E-state index is 10.8. The molecule has 17 heavy (non-hydrogen) atoms. The quantitative estimate of drug-likeness (QED) is 0.633. The molecule has 0 radical (unpaired) electrons. The number of non-ortho nitro benzene ring substituents is 1. The van der Waals surface area contributed by atoms with Gasteiger partial charge in [-0.05, 0) is 40.8 Å². The minimum absolute atomic E-state index is 0.164. The van der Waals surface area contributed by atoms with E-state index in [1.807, 2.05) is 6.92 Å². The molecule has 92 valence electrons. The first kappa shape index (κ1) is 12.4. The zero-order valence-electron chi connectivity index (χ0n) is 9.78. The fourth-order valence-corrected chi connectivity index (χ4v) is 3.05. The summed E-state index contributed by atoms with van der Waals surface area (Å²) >= 11 is 3.47. The lowest BCUT2D eigenvalue weighted by atomic mass is 10.1. The average molecular weight is 299 g/mol. The van der Waals surface area contributed by atoms with Crippen LogP contribution < -0.4 is 4.90 Å². The SMILES string of the molecule is CCc1cc([N+](=O)[O-])cc(Br)c1N1CCCC1. The number of anilines is 1. The van der Waals surface area contributed by atoms with Crippen molar-refractivity contribution in [2.24, 2.45) is 0 Å². The summed E-state index contributed by atoms with van der Waals surface area (Å²) in [6.45, 7) is 4.12. The number of hydrogen-bond donors (Lipinski definition) is 0. The summed E-state index contributed by atoms with van der Waals surface area (Å²) in [5.74, 6) is 0. The first-order valence-corrected chi connectivity index (χ1v) is 6.64. The Morgan fingerprint density at radius 1 is 1.41 bits per heavy atom. The Morgan fingerprint density at radius 2 is 2.06 bits per heavy atom. The molecule has 1 heterocycles. The predicted octanol–water partition coefficient (Wildman–Crippen LogP) is 3.52. The molecule has 1 aromatic rings. The van der Waals surface area contributed by atoms with E-state index >= 15 is 0 Å². The minimum atomic E-state index is -0.336. The zero-order chi connectivity index (χ0) is 12.4. The van der Waals surface area contributed by atoms with Crippen molar-refractivity contribution in [1.82, 2.24) is 0 Å². The number of hydrogen-bond acceptors (Lipinski definition) is 3. The van der Waals surface area contributed by atoms with Crippen LogP contribution in [-0.4, -0.2) is 18.0 Å². The molecule has 0 aromatic heterocycles. The van der Waals surface area contributed by atoms with E-state index < -0.39 is 0 Å².